The standard InChI is InChI=1S/C25H25FN4O2/c1-25(2,3)22-14-23-28-20(17-6-5-7-19(12-17)32-4)13-21(30(23)29-22)24(31)27-15-16-8-10-18(26)11-9-16/h5-14H,15H2,1-4H3,(H,27,31). The first-order valence-corrected chi connectivity index (χ1v) is 10.3. The van der Waals surface area contributed by atoms with E-state index in [0.717, 1.165) is 16.8 Å². The summed E-state index contributed by atoms with van der Waals surface area (Å²) in [6.07, 6.45) is 0. The highest BCUT2D eigenvalue weighted by atomic mass is 19.1. The van der Waals surface area contributed by atoms with Gasteiger partial charge in [0.15, 0.2) is 5.65 Å². The summed E-state index contributed by atoms with van der Waals surface area (Å²) in [6, 6.07) is 17.2. The summed E-state index contributed by atoms with van der Waals surface area (Å²) in [6.45, 7) is 6.45. The first kappa shape index (κ1) is 21.5. The van der Waals surface area contributed by atoms with Crippen molar-refractivity contribution in [2.24, 2.45) is 0 Å². The summed E-state index contributed by atoms with van der Waals surface area (Å²) in [5.41, 5.74) is 3.86. The Morgan fingerprint density at radius 2 is 1.84 bits per heavy atom. The van der Waals surface area contributed by atoms with E-state index in [1.807, 2.05) is 30.3 Å². The van der Waals surface area contributed by atoms with Crippen LogP contribution in [0.25, 0.3) is 16.9 Å². The number of nitrogens with one attached hydrogen (secondary N) is 1. The minimum Gasteiger partial charge on any atom is -0.497 e. The average molecular weight is 432 g/mol. The zero-order valence-electron chi connectivity index (χ0n) is 18.5. The lowest BCUT2D eigenvalue weighted by atomic mass is 9.93. The number of carbonyl (C=O) groups excluding carboxylic acids is 1. The van der Waals surface area contributed by atoms with E-state index < -0.39 is 0 Å². The monoisotopic (exact) mass is 432 g/mol. The first-order chi connectivity index (χ1) is 15.2. The summed E-state index contributed by atoms with van der Waals surface area (Å²) in [4.78, 5) is 17.9. The smallest absolute Gasteiger partial charge is 0.270 e. The van der Waals surface area contributed by atoms with Crippen molar-refractivity contribution < 1.29 is 13.9 Å². The number of rotatable bonds is 5. The van der Waals surface area contributed by atoms with Crippen LogP contribution in [0.3, 0.4) is 0 Å². The molecule has 2 aromatic heterocycles. The van der Waals surface area contributed by atoms with Crippen molar-refractivity contribution in [2.75, 3.05) is 7.11 Å². The summed E-state index contributed by atoms with van der Waals surface area (Å²) in [5, 5.41) is 7.56. The molecule has 0 saturated carbocycles. The number of carbonyl (C=O) groups is 1. The van der Waals surface area contributed by atoms with E-state index in [4.69, 9.17) is 9.72 Å². The number of halogens is 1. The van der Waals surface area contributed by atoms with Gasteiger partial charge in [0, 0.05) is 23.6 Å². The van der Waals surface area contributed by atoms with Crippen LogP contribution < -0.4 is 10.1 Å². The molecule has 2 aromatic carbocycles. The quantitative estimate of drug-likeness (QED) is 0.493. The highest BCUT2D eigenvalue weighted by Crippen LogP contribution is 2.27. The lowest BCUT2D eigenvalue weighted by Crippen LogP contribution is -2.26. The van der Waals surface area contributed by atoms with Crippen molar-refractivity contribution >= 4 is 11.6 Å². The van der Waals surface area contributed by atoms with Crippen molar-refractivity contribution in [3.05, 3.63) is 83.4 Å². The highest BCUT2D eigenvalue weighted by molar-refractivity contribution is 5.94. The Labute approximate surface area is 186 Å². The maximum Gasteiger partial charge on any atom is 0.270 e. The Hall–Kier alpha value is -3.74. The zero-order valence-corrected chi connectivity index (χ0v) is 18.5. The molecule has 6 nitrogen and oxygen atoms in total. The maximum absolute atomic E-state index is 13.2. The van der Waals surface area contributed by atoms with Crippen molar-refractivity contribution in [1.29, 1.82) is 0 Å². The molecule has 4 aromatic rings. The molecular weight excluding hydrogens is 407 g/mol. The number of hydrogen-bond donors (Lipinski definition) is 1. The fourth-order valence-electron chi connectivity index (χ4n) is 3.31. The molecule has 7 heteroatoms. The first-order valence-electron chi connectivity index (χ1n) is 10.3. The van der Waals surface area contributed by atoms with Gasteiger partial charge >= 0.3 is 0 Å². The number of hydrogen-bond acceptors (Lipinski definition) is 4. The van der Waals surface area contributed by atoms with E-state index in [0.29, 0.717) is 22.8 Å². The van der Waals surface area contributed by atoms with Crippen molar-refractivity contribution in [3.63, 3.8) is 0 Å². The van der Waals surface area contributed by atoms with E-state index in [2.05, 4.69) is 31.2 Å². The molecule has 1 amide bonds. The van der Waals surface area contributed by atoms with Crippen molar-refractivity contribution in [2.45, 2.75) is 32.7 Å². The van der Waals surface area contributed by atoms with Gasteiger partial charge in [-0.25, -0.2) is 13.9 Å². The maximum atomic E-state index is 13.2. The van der Waals surface area contributed by atoms with Gasteiger partial charge < -0.3 is 10.1 Å². The molecule has 0 saturated heterocycles. The number of aromatic nitrogens is 3. The van der Waals surface area contributed by atoms with Crippen LogP contribution >= 0.6 is 0 Å². The third kappa shape index (κ3) is 4.46. The summed E-state index contributed by atoms with van der Waals surface area (Å²) in [7, 11) is 1.61. The molecule has 0 aliphatic rings. The topological polar surface area (TPSA) is 68.5 Å². The molecule has 0 fully saturated rings. The van der Waals surface area contributed by atoms with Crippen LogP contribution in [0.15, 0.2) is 60.7 Å². The molecule has 32 heavy (non-hydrogen) atoms. The highest BCUT2D eigenvalue weighted by Gasteiger charge is 2.22. The molecule has 164 valence electrons. The van der Waals surface area contributed by atoms with Crippen molar-refractivity contribution in [1.82, 2.24) is 19.9 Å². The second kappa shape index (κ2) is 8.42. The van der Waals surface area contributed by atoms with E-state index in [1.54, 1.807) is 29.8 Å². The third-order valence-corrected chi connectivity index (χ3v) is 5.16. The molecule has 1 N–H and O–H groups in total. The normalized spacial score (nSPS) is 11.5. The number of amides is 1. The van der Waals surface area contributed by atoms with Crippen LogP contribution in [-0.4, -0.2) is 27.6 Å². The van der Waals surface area contributed by atoms with Crippen LogP contribution in [0.2, 0.25) is 0 Å². The number of nitrogens with zero attached hydrogens (tertiary/aromatic N) is 3. The Kier molecular flexibility index (Phi) is 5.65. The Morgan fingerprint density at radius 3 is 2.53 bits per heavy atom. The summed E-state index contributed by atoms with van der Waals surface area (Å²) in [5.74, 6) is 0.0925. The predicted molar refractivity (Wildman–Crippen MR) is 121 cm³/mol. The molecular formula is C25H25FN4O2. The second-order valence-electron chi connectivity index (χ2n) is 8.62. The minimum absolute atomic E-state index is 0.203. The van der Waals surface area contributed by atoms with E-state index >= 15 is 0 Å². The van der Waals surface area contributed by atoms with Crippen molar-refractivity contribution in [3.8, 4) is 17.0 Å². The molecule has 0 unspecified atom stereocenters. The minimum atomic E-state index is -0.315. The van der Waals surface area contributed by atoms with Crippen LogP contribution in [0, 0.1) is 5.82 Å². The van der Waals surface area contributed by atoms with Gasteiger partial charge in [0.2, 0.25) is 0 Å². The van der Waals surface area contributed by atoms with Crippen LogP contribution in [0.5, 0.6) is 5.75 Å². The van der Waals surface area contributed by atoms with Gasteiger partial charge in [-0.15, -0.1) is 0 Å². The van der Waals surface area contributed by atoms with Crippen LogP contribution in [0.1, 0.15) is 42.5 Å². The lowest BCUT2D eigenvalue weighted by molar-refractivity contribution is 0.0943. The Balaban J connectivity index is 1.76. The Morgan fingerprint density at radius 1 is 1.09 bits per heavy atom. The fraction of sp³-hybridized carbons (Fsp3) is 0.240. The van der Waals surface area contributed by atoms with Gasteiger partial charge in [-0.05, 0) is 35.9 Å². The molecule has 0 aliphatic carbocycles. The molecule has 0 atom stereocenters. The number of benzene rings is 2. The molecule has 0 aliphatic heterocycles. The summed E-state index contributed by atoms with van der Waals surface area (Å²) >= 11 is 0. The van der Waals surface area contributed by atoms with E-state index in [-0.39, 0.29) is 23.7 Å². The fourth-order valence-corrected chi connectivity index (χ4v) is 3.31. The number of fused-ring (bicyclic) bond motifs is 1. The average Bonchev–Trinajstić information content (AvgIpc) is 3.23. The van der Waals surface area contributed by atoms with Gasteiger partial charge in [-0.3, -0.25) is 4.79 Å². The zero-order chi connectivity index (χ0) is 22.9. The van der Waals surface area contributed by atoms with Gasteiger partial charge in [0.1, 0.15) is 17.3 Å². The van der Waals surface area contributed by atoms with Gasteiger partial charge in [0.25, 0.3) is 5.91 Å². The summed E-state index contributed by atoms with van der Waals surface area (Å²) < 4.78 is 20.1. The largest absolute Gasteiger partial charge is 0.497 e. The number of ether oxygens (including phenoxy) is 1. The molecule has 0 radical (unpaired) electrons. The molecule has 0 spiro atoms. The predicted octanol–water partition coefficient (Wildman–Crippen LogP) is 4.77. The molecule has 2 heterocycles. The SMILES string of the molecule is COc1cccc(-c2cc(C(=O)NCc3ccc(F)cc3)n3nc(C(C)(C)C)cc3n2)c1. The van der Waals surface area contributed by atoms with Gasteiger partial charge in [-0.2, -0.15) is 5.10 Å². The molecule has 0 bridgehead atoms. The van der Waals surface area contributed by atoms with E-state index in [9.17, 15) is 9.18 Å². The number of methoxy groups -OCH3 is 1. The third-order valence-electron chi connectivity index (χ3n) is 5.16. The molecule has 4 rings (SSSR count). The second-order valence-corrected chi connectivity index (χ2v) is 8.62. The lowest BCUT2D eigenvalue weighted by Gasteiger charge is -2.13. The van der Waals surface area contributed by atoms with Crippen LogP contribution in [-0.2, 0) is 12.0 Å². The Bertz CT molecular complexity index is 1270. The van der Waals surface area contributed by atoms with Gasteiger partial charge in [-0.1, -0.05) is 45.0 Å². The van der Waals surface area contributed by atoms with E-state index in [1.165, 1.54) is 12.1 Å². The van der Waals surface area contributed by atoms with Gasteiger partial charge in [0.05, 0.1) is 18.5 Å². The van der Waals surface area contributed by atoms with Crippen LogP contribution in [0.4, 0.5) is 4.39 Å².